The van der Waals surface area contributed by atoms with E-state index in [2.05, 4.69) is 21.1 Å². The van der Waals surface area contributed by atoms with Gasteiger partial charge in [-0.1, -0.05) is 37.8 Å². The lowest BCUT2D eigenvalue weighted by molar-refractivity contribution is -0.876. The minimum atomic E-state index is -1.13. The van der Waals surface area contributed by atoms with Gasteiger partial charge in [-0.15, -0.1) is 0 Å². The van der Waals surface area contributed by atoms with E-state index in [0.29, 0.717) is 11.5 Å². The summed E-state index contributed by atoms with van der Waals surface area (Å²) in [5, 5.41) is 0. The van der Waals surface area contributed by atoms with E-state index in [1.54, 1.807) is 24.3 Å². The lowest BCUT2D eigenvalue weighted by Crippen LogP contribution is -2.54. The third kappa shape index (κ3) is 6.99. The third-order valence-corrected chi connectivity index (χ3v) is 5.18. The van der Waals surface area contributed by atoms with Crippen molar-refractivity contribution >= 4 is 7.32 Å². The highest BCUT2D eigenvalue weighted by molar-refractivity contribution is 6.38. The molecule has 1 fully saturated rings. The Kier molecular flexibility index (Phi) is 7.37. The number of likely N-dealkylation sites (N-methyl/N-ethyl adjacent to an activating group) is 1. The largest absolute Gasteiger partial charge is 0.788 e. The fourth-order valence-electron chi connectivity index (χ4n) is 4.13. The highest BCUT2D eigenvalue weighted by Crippen LogP contribution is 2.33. The zero-order valence-corrected chi connectivity index (χ0v) is 18.1. The quantitative estimate of drug-likeness (QED) is 0.334. The van der Waals surface area contributed by atoms with Crippen LogP contribution in [0.2, 0.25) is 0 Å². The van der Waals surface area contributed by atoms with Crippen molar-refractivity contribution in [2.24, 2.45) is 0 Å². The number of halogens is 2. The molecule has 1 aliphatic carbocycles. The van der Waals surface area contributed by atoms with Crippen molar-refractivity contribution < 1.29 is 27.2 Å². The average molecular weight is 418 g/mol. The second kappa shape index (κ2) is 9.79. The predicted molar refractivity (Wildman–Crippen MR) is 114 cm³/mol. The molecule has 0 aliphatic heterocycles. The van der Waals surface area contributed by atoms with Crippen molar-refractivity contribution in [3.8, 4) is 11.5 Å². The first-order valence-electron chi connectivity index (χ1n) is 10.6. The lowest BCUT2D eigenvalue weighted by atomic mass is 9.91. The molecule has 1 aliphatic rings. The fraction of sp³-hybridized carbons (Fsp3) is 0.478. The molecule has 162 valence electrons. The van der Waals surface area contributed by atoms with Crippen molar-refractivity contribution in [1.82, 2.24) is 0 Å². The van der Waals surface area contributed by atoms with Crippen LogP contribution in [0.25, 0.3) is 0 Å². The monoisotopic (exact) mass is 418 g/mol. The summed E-state index contributed by atoms with van der Waals surface area (Å²) in [6.45, 7) is 0.780. The maximum Gasteiger partial charge on any atom is 0.788 e. The Morgan fingerprint density at radius 1 is 0.833 bits per heavy atom. The van der Waals surface area contributed by atoms with Crippen LogP contribution >= 0.6 is 0 Å². The van der Waals surface area contributed by atoms with Crippen LogP contribution in [0.15, 0.2) is 48.5 Å². The van der Waals surface area contributed by atoms with Gasteiger partial charge in [-0.2, -0.15) is 0 Å². The molecule has 0 bridgehead atoms. The van der Waals surface area contributed by atoms with Crippen LogP contribution < -0.4 is 9.31 Å². The van der Waals surface area contributed by atoms with Crippen molar-refractivity contribution in [2.75, 3.05) is 27.7 Å². The minimum Gasteiger partial charge on any atom is -0.501 e. The van der Waals surface area contributed by atoms with E-state index in [4.69, 9.17) is 14.0 Å². The predicted octanol–water partition coefficient (Wildman–Crippen LogP) is 5.22. The zero-order valence-electron chi connectivity index (χ0n) is 18.1. The molecule has 3 rings (SSSR count). The first-order valence-corrected chi connectivity index (χ1v) is 10.6. The Balaban J connectivity index is 1.87. The smallest absolute Gasteiger partial charge is 0.501 e. The van der Waals surface area contributed by atoms with Crippen LogP contribution in [0, 0.1) is 11.6 Å². The van der Waals surface area contributed by atoms with Gasteiger partial charge in [0.1, 0.15) is 35.3 Å². The molecular weight excluding hydrogens is 387 g/mol. The molecule has 2 aromatic rings. The van der Waals surface area contributed by atoms with Crippen LogP contribution in [0.1, 0.15) is 38.5 Å². The van der Waals surface area contributed by atoms with E-state index in [9.17, 15) is 8.78 Å². The van der Waals surface area contributed by atoms with Crippen LogP contribution in [0.5, 0.6) is 11.5 Å². The van der Waals surface area contributed by atoms with Crippen LogP contribution in [-0.2, 0) is 4.65 Å². The molecule has 0 atom stereocenters. The molecule has 0 aromatic heterocycles. The maximum absolute atomic E-state index is 13.7. The molecule has 0 unspecified atom stereocenters. The zero-order chi connectivity index (χ0) is 21.6. The van der Waals surface area contributed by atoms with Crippen molar-refractivity contribution in [3.63, 3.8) is 0 Å². The van der Waals surface area contributed by atoms with Gasteiger partial charge in [0.05, 0.1) is 21.1 Å². The average Bonchev–Trinajstić information content (AvgIpc) is 2.85. The van der Waals surface area contributed by atoms with Gasteiger partial charge in [-0.05, 0) is 37.1 Å². The van der Waals surface area contributed by atoms with Crippen molar-refractivity contribution in [3.05, 3.63) is 60.2 Å². The molecule has 30 heavy (non-hydrogen) atoms. The molecule has 4 nitrogen and oxygen atoms in total. The van der Waals surface area contributed by atoms with Crippen molar-refractivity contribution in [2.45, 2.75) is 44.1 Å². The Hall–Kier alpha value is -2.12. The number of hydrogen-bond acceptors (Lipinski definition) is 3. The minimum absolute atomic E-state index is 0.297. The van der Waals surface area contributed by atoms with E-state index in [0.717, 1.165) is 36.7 Å². The fourth-order valence-corrected chi connectivity index (χ4v) is 4.13. The SMILES string of the molecule is C[N+](C)(C)CC1(OB(Oc2cccc(F)c2)Oc2cccc(F)c2)CCCCCC1. The van der Waals surface area contributed by atoms with E-state index in [-0.39, 0.29) is 0 Å². The summed E-state index contributed by atoms with van der Waals surface area (Å²) in [6, 6.07) is 11.7. The highest BCUT2D eigenvalue weighted by atomic mass is 19.1. The van der Waals surface area contributed by atoms with E-state index >= 15 is 0 Å². The van der Waals surface area contributed by atoms with Gasteiger partial charge in [0.15, 0.2) is 0 Å². The van der Waals surface area contributed by atoms with E-state index in [1.165, 1.54) is 37.1 Å². The molecule has 7 heteroatoms. The lowest BCUT2D eigenvalue weighted by Gasteiger charge is -2.39. The molecule has 1 saturated carbocycles. The van der Waals surface area contributed by atoms with Crippen LogP contribution in [0.3, 0.4) is 0 Å². The summed E-state index contributed by atoms with van der Waals surface area (Å²) in [7, 11) is 5.27. The molecular formula is C23H31BF2NO3+. The molecule has 0 spiro atoms. The summed E-state index contributed by atoms with van der Waals surface area (Å²) < 4.78 is 46.5. The number of hydrogen-bond donors (Lipinski definition) is 0. The Morgan fingerprint density at radius 3 is 1.77 bits per heavy atom. The molecule has 0 N–H and O–H groups in total. The van der Waals surface area contributed by atoms with Gasteiger partial charge in [-0.25, -0.2) is 8.78 Å². The van der Waals surface area contributed by atoms with E-state index in [1.807, 2.05) is 0 Å². The van der Waals surface area contributed by atoms with Crippen LogP contribution in [-0.4, -0.2) is 45.1 Å². The Labute approximate surface area is 178 Å². The first kappa shape index (κ1) is 22.6. The number of quaternary nitrogens is 1. The van der Waals surface area contributed by atoms with E-state index < -0.39 is 24.6 Å². The summed E-state index contributed by atoms with van der Waals surface area (Å²) in [5.74, 6) is -0.226. The van der Waals surface area contributed by atoms with Gasteiger partial charge in [0.25, 0.3) is 0 Å². The molecule has 0 heterocycles. The molecule has 0 amide bonds. The molecule has 0 radical (unpaired) electrons. The van der Waals surface area contributed by atoms with Gasteiger partial charge in [0.2, 0.25) is 0 Å². The number of rotatable bonds is 8. The summed E-state index contributed by atoms with van der Waals surface area (Å²) in [5.41, 5.74) is -0.444. The van der Waals surface area contributed by atoms with Gasteiger partial charge < -0.3 is 18.4 Å². The van der Waals surface area contributed by atoms with Crippen LogP contribution in [0.4, 0.5) is 8.78 Å². The Morgan fingerprint density at radius 2 is 1.33 bits per heavy atom. The van der Waals surface area contributed by atoms with Crippen molar-refractivity contribution in [1.29, 1.82) is 0 Å². The topological polar surface area (TPSA) is 27.7 Å². The summed E-state index contributed by atoms with van der Waals surface area (Å²) >= 11 is 0. The second-order valence-corrected chi connectivity index (χ2v) is 9.10. The van der Waals surface area contributed by atoms with Gasteiger partial charge >= 0.3 is 7.32 Å². The second-order valence-electron chi connectivity index (χ2n) is 9.10. The third-order valence-electron chi connectivity index (χ3n) is 5.18. The normalized spacial score (nSPS) is 16.6. The van der Waals surface area contributed by atoms with Gasteiger partial charge in [-0.3, -0.25) is 0 Å². The highest BCUT2D eigenvalue weighted by Gasteiger charge is 2.44. The van der Waals surface area contributed by atoms with Gasteiger partial charge in [0, 0.05) is 12.1 Å². The standard InChI is InChI=1S/C23H31BF2NO3/c1-27(2,3)18-23(14-6-4-5-7-15-23)30-24(28-21-12-8-10-19(25)16-21)29-22-13-9-11-20(26)17-22/h8-13,16-17H,4-7,14-15,18H2,1-3H3/q+1. The summed E-state index contributed by atoms with van der Waals surface area (Å²) in [6.07, 6.45) is 6.24. The summed E-state index contributed by atoms with van der Waals surface area (Å²) in [4.78, 5) is 0. The number of nitrogens with zero attached hydrogens (tertiary/aromatic N) is 1. The molecule has 0 saturated heterocycles. The number of benzene rings is 2. The first-order chi connectivity index (χ1) is 14.2. The Bertz CT molecular complexity index is 773. The maximum atomic E-state index is 13.7. The molecule has 2 aromatic carbocycles.